The van der Waals surface area contributed by atoms with Crippen LogP contribution < -0.4 is 0 Å². The van der Waals surface area contributed by atoms with Gasteiger partial charge in [0.05, 0.1) is 5.54 Å². The summed E-state index contributed by atoms with van der Waals surface area (Å²) < 4.78 is 2.75. The van der Waals surface area contributed by atoms with Gasteiger partial charge in [0.2, 0.25) is 0 Å². The molecule has 2 saturated carbocycles. The third kappa shape index (κ3) is 1.60. The molecule has 0 radical (unpaired) electrons. The van der Waals surface area contributed by atoms with Crippen LogP contribution in [0.15, 0.2) is 0 Å². The van der Waals surface area contributed by atoms with Gasteiger partial charge in [0.25, 0.3) is 0 Å². The van der Waals surface area contributed by atoms with Crippen LogP contribution in [0.1, 0.15) is 78.1 Å². The molecule has 2 nitrogen and oxygen atoms in total. The van der Waals surface area contributed by atoms with E-state index in [2.05, 4.69) is 44.7 Å². The molecule has 3 aliphatic heterocycles. The first kappa shape index (κ1) is 14.9. The first-order valence-electron chi connectivity index (χ1n) is 9.84. The standard InChI is InChI=1S/C19H31IN2/c1-18-15-9-5-4-8-14(15)17-12-11-13-7-3-6-10-16(13)21(17)19(18,2)22(18)20/h13-17H,3-12H2,1-2H3. The smallest absolute Gasteiger partial charge is 0.100 e. The molecule has 22 heavy (non-hydrogen) atoms. The van der Waals surface area contributed by atoms with Crippen LogP contribution in [0.5, 0.6) is 0 Å². The van der Waals surface area contributed by atoms with Crippen LogP contribution in [0.4, 0.5) is 0 Å². The van der Waals surface area contributed by atoms with Crippen LogP contribution in [0.25, 0.3) is 0 Å². The second-order valence-corrected chi connectivity index (χ2v) is 10.1. The van der Waals surface area contributed by atoms with Gasteiger partial charge in [-0.2, -0.15) is 0 Å². The molecule has 0 amide bonds. The molecular weight excluding hydrogens is 383 g/mol. The number of halogens is 1. The fraction of sp³-hybridized carbons (Fsp3) is 1.00. The molecule has 3 saturated heterocycles. The van der Waals surface area contributed by atoms with Gasteiger partial charge in [0.15, 0.2) is 0 Å². The highest BCUT2D eigenvalue weighted by molar-refractivity contribution is 14.1. The zero-order valence-corrected chi connectivity index (χ0v) is 16.4. The van der Waals surface area contributed by atoms with Gasteiger partial charge in [-0.3, -0.25) is 4.90 Å². The van der Waals surface area contributed by atoms with Gasteiger partial charge in [0.1, 0.15) is 5.66 Å². The van der Waals surface area contributed by atoms with E-state index in [0.29, 0.717) is 11.2 Å². The number of hydrogen-bond acceptors (Lipinski definition) is 2. The van der Waals surface area contributed by atoms with Crippen molar-refractivity contribution in [1.29, 1.82) is 0 Å². The lowest BCUT2D eigenvalue weighted by Gasteiger charge is -2.59. The third-order valence-corrected chi connectivity index (χ3v) is 10.6. The van der Waals surface area contributed by atoms with Crippen molar-refractivity contribution in [2.75, 3.05) is 0 Å². The van der Waals surface area contributed by atoms with Gasteiger partial charge in [-0.15, -0.1) is 0 Å². The normalized spacial score (nSPS) is 60.7. The van der Waals surface area contributed by atoms with Crippen molar-refractivity contribution in [2.24, 2.45) is 17.8 Å². The third-order valence-electron chi connectivity index (χ3n) is 8.65. The van der Waals surface area contributed by atoms with Crippen LogP contribution in [-0.4, -0.2) is 31.3 Å². The van der Waals surface area contributed by atoms with E-state index in [9.17, 15) is 0 Å². The summed E-state index contributed by atoms with van der Waals surface area (Å²) in [5.41, 5.74) is 0.811. The Bertz CT molecular complexity index is 480. The lowest BCUT2D eigenvalue weighted by atomic mass is 9.60. The Morgan fingerprint density at radius 1 is 0.818 bits per heavy atom. The van der Waals surface area contributed by atoms with Gasteiger partial charge in [-0.05, 0) is 70.1 Å². The number of hydrogen-bond donors (Lipinski definition) is 0. The Kier molecular flexibility index (Phi) is 3.29. The molecule has 2 aliphatic carbocycles. The summed E-state index contributed by atoms with van der Waals surface area (Å²) in [5, 5.41) is 0. The predicted octanol–water partition coefficient (Wildman–Crippen LogP) is 4.97. The Labute approximate surface area is 149 Å². The van der Waals surface area contributed by atoms with Gasteiger partial charge in [-0.1, -0.05) is 25.7 Å². The molecule has 5 rings (SSSR count). The molecule has 5 fully saturated rings. The van der Waals surface area contributed by atoms with Crippen LogP contribution >= 0.6 is 22.9 Å². The second-order valence-electron chi connectivity index (χ2n) is 9.17. The van der Waals surface area contributed by atoms with Crippen molar-refractivity contribution in [3.05, 3.63) is 0 Å². The monoisotopic (exact) mass is 414 g/mol. The van der Waals surface area contributed by atoms with Crippen molar-refractivity contribution in [2.45, 2.75) is 101 Å². The maximum absolute atomic E-state index is 3.10. The quantitative estimate of drug-likeness (QED) is 0.314. The topological polar surface area (TPSA) is 6.25 Å². The van der Waals surface area contributed by atoms with E-state index in [1.165, 1.54) is 64.2 Å². The molecule has 0 aromatic rings. The molecule has 124 valence electrons. The van der Waals surface area contributed by atoms with Crippen LogP contribution in [-0.2, 0) is 0 Å². The number of fused-ring (bicyclic) bond motifs is 8. The van der Waals surface area contributed by atoms with Crippen molar-refractivity contribution in [1.82, 2.24) is 8.01 Å². The molecule has 8 atom stereocenters. The van der Waals surface area contributed by atoms with Gasteiger partial charge in [-0.25, -0.2) is 3.11 Å². The second kappa shape index (κ2) is 4.85. The minimum Gasteiger partial charge on any atom is -0.277 e. The van der Waals surface area contributed by atoms with Gasteiger partial charge < -0.3 is 0 Å². The van der Waals surface area contributed by atoms with Crippen molar-refractivity contribution >= 4 is 22.9 Å². The highest BCUT2D eigenvalue weighted by Crippen LogP contribution is 2.70. The molecule has 0 N–H and O–H groups in total. The summed E-state index contributed by atoms with van der Waals surface area (Å²) in [5.74, 6) is 2.97. The number of rotatable bonds is 0. The van der Waals surface area contributed by atoms with E-state index in [-0.39, 0.29) is 0 Å². The van der Waals surface area contributed by atoms with Crippen molar-refractivity contribution in [3.8, 4) is 0 Å². The summed E-state index contributed by atoms with van der Waals surface area (Å²) in [4.78, 5) is 3.10. The highest BCUT2D eigenvalue weighted by atomic mass is 127. The summed E-state index contributed by atoms with van der Waals surface area (Å²) in [7, 11) is 0. The molecule has 5 aliphatic rings. The lowest BCUT2D eigenvalue weighted by Crippen LogP contribution is -2.66. The fourth-order valence-corrected chi connectivity index (χ4v) is 8.92. The minimum absolute atomic E-state index is 0.359. The molecule has 0 spiro atoms. The molecule has 0 bridgehead atoms. The first-order chi connectivity index (χ1) is 10.6. The summed E-state index contributed by atoms with van der Waals surface area (Å²) in [6.07, 6.45) is 15.0. The Hall–Kier alpha value is 0.650. The maximum Gasteiger partial charge on any atom is 0.100 e. The van der Waals surface area contributed by atoms with Crippen LogP contribution in [0.2, 0.25) is 0 Å². The van der Waals surface area contributed by atoms with Crippen molar-refractivity contribution < 1.29 is 0 Å². The van der Waals surface area contributed by atoms with E-state index in [0.717, 1.165) is 29.8 Å². The van der Waals surface area contributed by atoms with E-state index in [4.69, 9.17) is 0 Å². The van der Waals surface area contributed by atoms with E-state index >= 15 is 0 Å². The predicted molar refractivity (Wildman–Crippen MR) is 98.7 cm³/mol. The van der Waals surface area contributed by atoms with Gasteiger partial charge >= 0.3 is 0 Å². The zero-order chi connectivity index (χ0) is 15.1. The molecule has 3 heterocycles. The minimum atomic E-state index is 0.359. The first-order valence-corrected chi connectivity index (χ1v) is 10.8. The van der Waals surface area contributed by atoms with E-state index < -0.39 is 0 Å². The van der Waals surface area contributed by atoms with E-state index in [1.807, 2.05) is 0 Å². The van der Waals surface area contributed by atoms with Crippen molar-refractivity contribution in [3.63, 3.8) is 0 Å². The fourth-order valence-electron chi connectivity index (χ4n) is 7.48. The molecule has 0 aromatic carbocycles. The van der Waals surface area contributed by atoms with Crippen LogP contribution in [0, 0.1) is 17.8 Å². The zero-order valence-electron chi connectivity index (χ0n) is 14.2. The van der Waals surface area contributed by atoms with E-state index in [1.54, 1.807) is 0 Å². The average Bonchev–Trinajstić information content (AvgIpc) is 3.03. The lowest BCUT2D eigenvalue weighted by molar-refractivity contribution is -0.104. The summed E-state index contributed by atoms with van der Waals surface area (Å²) >= 11 is 2.69. The Balaban J connectivity index is 1.57. The maximum atomic E-state index is 3.10. The van der Waals surface area contributed by atoms with Gasteiger partial charge in [0, 0.05) is 34.9 Å². The average molecular weight is 414 g/mol. The number of piperidine rings is 2. The van der Waals surface area contributed by atoms with Crippen LogP contribution in [0.3, 0.4) is 0 Å². The molecule has 8 unspecified atom stereocenters. The summed E-state index contributed by atoms with van der Waals surface area (Å²) in [6.45, 7) is 5.19. The molecule has 0 aromatic heterocycles. The summed E-state index contributed by atoms with van der Waals surface area (Å²) in [6, 6.07) is 1.81. The number of nitrogens with zero attached hydrogens (tertiary/aromatic N) is 2. The Morgan fingerprint density at radius 3 is 2.41 bits per heavy atom. The highest BCUT2D eigenvalue weighted by Gasteiger charge is 2.80. The molecule has 3 heteroatoms. The Morgan fingerprint density at radius 2 is 1.55 bits per heavy atom. The molecular formula is C19H31IN2. The SMILES string of the molecule is CC12C3CCCCC3C3CCC4CCCCC4N3C1(C)N2I. The largest absolute Gasteiger partial charge is 0.277 e.